The number of methoxy groups -OCH3 is 1. The highest BCUT2D eigenvalue weighted by molar-refractivity contribution is 5.78. The van der Waals surface area contributed by atoms with Crippen LogP contribution in [0.2, 0.25) is 0 Å². The van der Waals surface area contributed by atoms with E-state index in [9.17, 15) is 0 Å². The predicted molar refractivity (Wildman–Crippen MR) is 86.0 cm³/mol. The van der Waals surface area contributed by atoms with Gasteiger partial charge < -0.3 is 21.1 Å². The van der Waals surface area contributed by atoms with Gasteiger partial charge in [0.05, 0.1) is 6.61 Å². The molecule has 0 saturated heterocycles. The summed E-state index contributed by atoms with van der Waals surface area (Å²) in [6.45, 7) is 5.34. The molecule has 0 saturated carbocycles. The summed E-state index contributed by atoms with van der Waals surface area (Å²) in [7, 11) is 1.65. The number of aromatic nitrogens is 2. The van der Waals surface area contributed by atoms with Gasteiger partial charge in [-0.15, -0.1) is 0 Å². The zero-order valence-corrected chi connectivity index (χ0v) is 12.6. The Bertz CT molecular complexity index is 615. The van der Waals surface area contributed by atoms with E-state index in [0.29, 0.717) is 30.5 Å². The van der Waals surface area contributed by atoms with Crippen molar-refractivity contribution in [1.29, 1.82) is 0 Å². The smallest absolute Gasteiger partial charge is 0.159 e. The highest BCUT2D eigenvalue weighted by atomic mass is 16.5. The van der Waals surface area contributed by atoms with Crippen LogP contribution in [0.15, 0.2) is 24.5 Å². The maximum Gasteiger partial charge on any atom is 0.159 e. The van der Waals surface area contributed by atoms with Gasteiger partial charge in [-0.3, -0.25) is 0 Å². The van der Waals surface area contributed by atoms with Gasteiger partial charge in [0.1, 0.15) is 12.0 Å². The van der Waals surface area contributed by atoms with Crippen LogP contribution in [0.25, 0.3) is 0 Å². The molecule has 0 aliphatic carbocycles. The molecule has 21 heavy (non-hydrogen) atoms. The molecule has 2 rings (SSSR count). The first kappa shape index (κ1) is 15.1. The Hall–Kier alpha value is -2.34. The molecule has 0 amide bonds. The number of benzene rings is 1. The summed E-state index contributed by atoms with van der Waals surface area (Å²) in [5.74, 6) is 1.20. The second-order valence-electron chi connectivity index (χ2n) is 4.85. The van der Waals surface area contributed by atoms with Crippen LogP contribution < -0.4 is 16.4 Å². The number of nitrogen functional groups attached to an aromatic ring is 1. The molecule has 0 atom stereocenters. The second kappa shape index (κ2) is 6.90. The summed E-state index contributed by atoms with van der Waals surface area (Å²) in [6, 6.07) is 6.17. The van der Waals surface area contributed by atoms with Crippen molar-refractivity contribution in [1.82, 2.24) is 9.97 Å². The van der Waals surface area contributed by atoms with Crippen LogP contribution in [0.3, 0.4) is 0 Å². The fourth-order valence-corrected chi connectivity index (χ4v) is 1.99. The summed E-state index contributed by atoms with van der Waals surface area (Å²) in [6.07, 6.45) is 1.48. The molecule has 0 spiro atoms. The fourth-order valence-electron chi connectivity index (χ4n) is 1.99. The molecule has 0 aliphatic heterocycles. The number of nitrogens with one attached hydrogen (secondary N) is 2. The largest absolute Gasteiger partial charge is 0.393 e. The number of nitrogens with two attached hydrogens (primary N) is 1. The zero-order valence-electron chi connectivity index (χ0n) is 12.6. The number of rotatable bonds is 6. The van der Waals surface area contributed by atoms with Crippen molar-refractivity contribution < 1.29 is 4.74 Å². The number of hydrogen-bond acceptors (Lipinski definition) is 6. The Morgan fingerprint density at radius 3 is 2.67 bits per heavy atom. The van der Waals surface area contributed by atoms with E-state index in [1.165, 1.54) is 11.9 Å². The molecule has 6 nitrogen and oxygen atoms in total. The maximum atomic E-state index is 6.10. The minimum Gasteiger partial charge on any atom is -0.393 e. The SMILES string of the molecule is COCCNc1ncnc(Nc2ccc(C)cc2C)c1N. The first-order valence-electron chi connectivity index (χ1n) is 6.79. The normalized spacial score (nSPS) is 10.4. The quantitative estimate of drug-likeness (QED) is 0.708. The standard InChI is InChI=1S/C15H21N5O/c1-10-4-5-12(11(2)8-10)20-15-13(16)14(18-9-19-15)17-6-7-21-3/h4-5,8-9H,6-7,16H2,1-3H3,(H2,17,18,19,20). The first-order chi connectivity index (χ1) is 10.1. The Labute approximate surface area is 124 Å². The van der Waals surface area contributed by atoms with E-state index in [1.807, 2.05) is 19.1 Å². The van der Waals surface area contributed by atoms with Crippen molar-refractivity contribution in [3.8, 4) is 0 Å². The lowest BCUT2D eigenvalue weighted by atomic mass is 10.1. The summed E-state index contributed by atoms with van der Waals surface area (Å²) >= 11 is 0. The van der Waals surface area contributed by atoms with E-state index < -0.39 is 0 Å². The Morgan fingerprint density at radius 2 is 1.95 bits per heavy atom. The average Bonchev–Trinajstić information content (AvgIpc) is 2.46. The number of nitrogens with zero attached hydrogens (tertiary/aromatic N) is 2. The minimum atomic E-state index is 0.494. The number of aryl methyl sites for hydroxylation is 2. The zero-order chi connectivity index (χ0) is 15.2. The maximum absolute atomic E-state index is 6.10. The van der Waals surface area contributed by atoms with E-state index in [2.05, 4.69) is 33.6 Å². The summed E-state index contributed by atoms with van der Waals surface area (Å²) in [5, 5.41) is 6.37. The van der Waals surface area contributed by atoms with Crippen LogP contribution in [-0.4, -0.2) is 30.2 Å². The molecule has 2 aromatic rings. The molecular weight excluding hydrogens is 266 g/mol. The van der Waals surface area contributed by atoms with Crippen LogP contribution in [0.4, 0.5) is 23.0 Å². The van der Waals surface area contributed by atoms with E-state index in [-0.39, 0.29) is 0 Å². The van der Waals surface area contributed by atoms with Gasteiger partial charge in [-0.1, -0.05) is 17.7 Å². The van der Waals surface area contributed by atoms with Gasteiger partial charge in [-0.25, -0.2) is 9.97 Å². The van der Waals surface area contributed by atoms with Crippen molar-refractivity contribution in [2.45, 2.75) is 13.8 Å². The topological polar surface area (TPSA) is 85.1 Å². The fraction of sp³-hybridized carbons (Fsp3) is 0.333. The van der Waals surface area contributed by atoms with Crippen LogP contribution in [0.1, 0.15) is 11.1 Å². The van der Waals surface area contributed by atoms with Crippen molar-refractivity contribution in [2.24, 2.45) is 0 Å². The third-order valence-electron chi connectivity index (χ3n) is 3.12. The lowest BCUT2D eigenvalue weighted by Crippen LogP contribution is -2.12. The molecule has 0 bridgehead atoms. The highest BCUT2D eigenvalue weighted by Crippen LogP contribution is 2.27. The van der Waals surface area contributed by atoms with Crippen molar-refractivity contribution in [3.05, 3.63) is 35.7 Å². The highest BCUT2D eigenvalue weighted by Gasteiger charge is 2.09. The van der Waals surface area contributed by atoms with Crippen LogP contribution in [0, 0.1) is 13.8 Å². The Balaban J connectivity index is 2.18. The molecule has 112 valence electrons. The molecule has 0 radical (unpaired) electrons. The van der Waals surface area contributed by atoms with E-state index in [1.54, 1.807) is 7.11 Å². The van der Waals surface area contributed by atoms with E-state index in [4.69, 9.17) is 10.5 Å². The molecule has 1 heterocycles. The molecule has 0 unspecified atom stereocenters. The van der Waals surface area contributed by atoms with E-state index >= 15 is 0 Å². The van der Waals surface area contributed by atoms with Crippen molar-refractivity contribution >= 4 is 23.0 Å². The molecular formula is C15H21N5O. The monoisotopic (exact) mass is 287 g/mol. The lowest BCUT2D eigenvalue weighted by Gasteiger charge is -2.14. The average molecular weight is 287 g/mol. The van der Waals surface area contributed by atoms with Gasteiger partial charge in [0.15, 0.2) is 11.6 Å². The van der Waals surface area contributed by atoms with Gasteiger partial charge in [0, 0.05) is 19.3 Å². The van der Waals surface area contributed by atoms with Gasteiger partial charge in [-0.05, 0) is 25.5 Å². The van der Waals surface area contributed by atoms with Crippen LogP contribution >= 0.6 is 0 Å². The Morgan fingerprint density at radius 1 is 1.19 bits per heavy atom. The summed E-state index contributed by atoms with van der Waals surface area (Å²) in [5.41, 5.74) is 9.94. The third kappa shape index (κ3) is 3.82. The van der Waals surface area contributed by atoms with Gasteiger partial charge in [0.25, 0.3) is 0 Å². The van der Waals surface area contributed by atoms with Gasteiger partial charge in [0.2, 0.25) is 0 Å². The number of hydrogen-bond donors (Lipinski definition) is 3. The first-order valence-corrected chi connectivity index (χ1v) is 6.79. The van der Waals surface area contributed by atoms with Gasteiger partial charge >= 0.3 is 0 Å². The molecule has 1 aromatic heterocycles. The molecule has 1 aromatic carbocycles. The van der Waals surface area contributed by atoms with Crippen molar-refractivity contribution in [2.75, 3.05) is 36.6 Å². The number of anilines is 4. The molecule has 0 aliphatic rings. The second-order valence-corrected chi connectivity index (χ2v) is 4.85. The third-order valence-corrected chi connectivity index (χ3v) is 3.12. The lowest BCUT2D eigenvalue weighted by molar-refractivity contribution is 0.210. The minimum absolute atomic E-state index is 0.494. The molecule has 6 heteroatoms. The molecule has 4 N–H and O–H groups in total. The summed E-state index contributed by atoms with van der Waals surface area (Å²) in [4.78, 5) is 8.35. The van der Waals surface area contributed by atoms with E-state index in [0.717, 1.165) is 11.3 Å². The Kier molecular flexibility index (Phi) is 4.94. The van der Waals surface area contributed by atoms with Gasteiger partial charge in [-0.2, -0.15) is 0 Å². The number of ether oxygens (including phenoxy) is 1. The predicted octanol–water partition coefficient (Wildman–Crippen LogP) is 2.48. The summed E-state index contributed by atoms with van der Waals surface area (Å²) < 4.78 is 4.99. The molecule has 0 fully saturated rings. The van der Waals surface area contributed by atoms with Crippen LogP contribution in [0.5, 0.6) is 0 Å². The van der Waals surface area contributed by atoms with Crippen LogP contribution in [-0.2, 0) is 4.74 Å². The van der Waals surface area contributed by atoms with Crippen molar-refractivity contribution in [3.63, 3.8) is 0 Å².